The first-order valence-electron chi connectivity index (χ1n) is 5.24. The van der Waals surface area contributed by atoms with Crippen LogP contribution in [0.1, 0.15) is 31.4 Å². The molecule has 0 spiro atoms. The zero-order valence-electron chi connectivity index (χ0n) is 8.46. The first-order chi connectivity index (χ1) is 6.83. The highest BCUT2D eigenvalue weighted by Crippen LogP contribution is 2.30. The van der Waals surface area contributed by atoms with Crippen molar-refractivity contribution >= 4 is 11.6 Å². The Labute approximate surface area is 89.5 Å². The number of rotatable bonds is 2. The van der Waals surface area contributed by atoms with Crippen molar-refractivity contribution in [1.29, 1.82) is 0 Å². The molecule has 0 unspecified atom stereocenters. The molecule has 2 heterocycles. The normalized spacial score (nSPS) is 18.7. The number of halogens is 1. The van der Waals surface area contributed by atoms with E-state index in [0.717, 1.165) is 19.6 Å². The average molecular weight is 214 g/mol. The predicted octanol–water partition coefficient (Wildman–Crippen LogP) is 2.02. The lowest BCUT2D eigenvalue weighted by atomic mass is 9.95. The molecule has 3 nitrogen and oxygen atoms in total. The van der Waals surface area contributed by atoms with E-state index in [-0.39, 0.29) is 0 Å². The highest BCUT2D eigenvalue weighted by molar-refractivity contribution is 6.30. The number of hydrogen-bond donors (Lipinski definition) is 1. The molecule has 1 aromatic heterocycles. The Bertz CT molecular complexity index is 302. The lowest BCUT2D eigenvalue weighted by molar-refractivity contribution is 0.441. The standard InChI is InChI=1S/C10H16ClN3/c1-2-14-7-13-10(11)9(14)8-3-5-12-6-4-8/h7-8,12H,2-6H2,1H3. The molecule has 78 valence electrons. The Morgan fingerprint density at radius 1 is 1.57 bits per heavy atom. The quantitative estimate of drug-likeness (QED) is 0.815. The monoisotopic (exact) mass is 213 g/mol. The van der Waals surface area contributed by atoms with Crippen LogP contribution in [0.15, 0.2) is 6.33 Å². The van der Waals surface area contributed by atoms with Gasteiger partial charge in [0, 0.05) is 12.5 Å². The summed E-state index contributed by atoms with van der Waals surface area (Å²) in [7, 11) is 0. The van der Waals surface area contributed by atoms with Gasteiger partial charge in [0.15, 0.2) is 5.15 Å². The molecule has 0 saturated carbocycles. The highest BCUT2D eigenvalue weighted by Gasteiger charge is 2.21. The fraction of sp³-hybridized carbons (Fsp3) is 0.700. The van der Waals surface area contributed by atoms with Crippen molar-refractivity contribution < 1.29 is 0 Å². The lowest BCUT2D eigenvalue weighted by Gasteiger charge is -2.23. The molecule has 0 bridgehead atoms. The largest absolute Gasteiger partial charge is 0.333 e. The smallest absolute Gasteiger partial charge is 0.150 e. The molecule has 0 atom stereocenters. The minimum Gasteiger partial charge on any atom is -0.333 e. The number of hydrogen-bond acceptors (Lipinski definition) is 2. The fourth-order valence-corrected chi connectivity index (χ4v) is 2.42. The van der Waals surface area contributed by atoms with Crippen molar-refractivity contribution in [3.8, 4) is 0 Å². The van der Waals surface area contributed by atoms with Crippen LogP contribution in [-0.2, 0) is 6.54 Å². The highest BCUT2D eigenvalue weighted by atomic mass is 35.5. The third kappa shape index (κ3) is 1.79. The SMILES string of the molecule is CCn1cnc(Cl)c1C1CCNCC1. The maximum Gasteiger partial charge on any atom is 0.150 e. The Hall–Kier alpha value is -0.540. The van der Waals surface area contributed by atoms with Gasteiger partial charge in [0.1, 0.15) is 0 Å². The summed E-state index contributed by atoms with van der Waals surface area (Å²) in [5.74, 6) is 0.589. The van der Waals surface area contributed by atoms with Crippen LogP contribution >= 0.6 is 11.6 Å². The van der Waals surface area contributed by atoms with Gasteiger partial charge in [-0.25, -0.2) is 4.98 Å². The van der Waals surface area contributed by atoms with Crippen LogP contribution in [0.3, 0.4) is 0 Å². The number of aromatic nitrogens is 2. The molecule has 0 aromatic carbocycles. The van der Waals surface area contributed by atoms with Crippen LogP contribution in [-0.4, -0.2) is 22.6 Å². The molecule has 4 heteroatoms. The second-order valence-electron chi connectivity index (χ2n) is 3.73. The van der Waals surface area contributed by atoms with Crippen LogP contribution in [0.2, 0.25) is 5.15 Å². The van der Waals surface area contributed by atoms with Gasteiger partial charge in [-0.1, -0.05) is 11.6 Å². The maximum absolute atomic E-state index is 6.10. The second kappa shape index (κ2) is 4.32. The molecule has 0 aliphatic carbocycles. The molecule has 1 saturated heterocycles. The average Bonchev–Trinajstić information content (AvgIpc) is 2.61. The molecular formula is C10H16ClN3. The predicted molar refractivity (Wildman–Crippen MR) is 57.8 cm³/mol. The van der Waals surface area contributed by atoms with E-state index in [1.807, 2.05) is 6.33 Å². The van der Waals surface area contributed by atoms with Gasteiger partial charge < -0.3 is 9.88 Å². The zero-order chi connectivity index (χ0) is 9.97. The molecule has 2 rings (SSSR count). The van der Waals surface area contributed by atoms with Gasteiger partial charge in [-0.05, 0) is 32.9 Å². The van der Waals surface area contributed by atoms with Crippen LogP contribution in [0.5, 0.6) is 0 Å². The summed E-state index contributed by atoms with van der Waals surface area (Å²) in [5.41, 5.74) is 1.23. The Balaban J connectivity index is 2.23. The van der Waals surface area contributed by atoms with E-state index in [4.69, 9.17) is 11.6 Å². The van der Waals surface area contributed by atoms with E-state index in [9.17, 15) is 0 Å². The summed E-state index contributed by atoms with van der Waals surface area (Å²) in [6, 6.07) is 0. The number of piperidine rings is 1. The minimum atomic E-state index is 0.589. The van der Waals surface area contributed by atoms with E-state index in [1.54, 1.807) is 0 Å². The van der Waals surface area contributed by atoms with Crippen molar-refractivity contribution in [3.63, 3.8) is 0 Å². The van der Waals surface area contributed by atoms with Crippen molar-refractivity contribution in [2.24, 2.45) is 0 Å². The van der Waals surface area contributed by atoms with Crippen molar-refractivity contribution in [2.45, 2.75) is 32.2 Å². The van der Waals surface area contributed by atoms with Crippen molar-refractivity contribution in [1.82, 2.24) is 14.9 Å². The van der Waals surface area contributed by atoms with Crippen LogP contribution in [0.25, 0.3) is 0 Å². The van der Waals surface area contributed by atoms with E-state index < -0.39 is 0 Å². The molecule has 14 heavy (non-hydrogen) atoms. The van der Waals surface area contributed by atoms with Gasteiger partial charge in [-0.15, -0.1) is 0 Å². The summed E-state index contributed by atoms with van der Waals surface area (Å²) in [5, 5.41) is 4.05. The summed E-state index contributed by atoms with van der Waals surface area (Å²) in [6.45, 7) is 5.27. The summed E-state index contributed by atoms with van der Waals surface area (Å²) in [6.07, 6.45) is 4.19. The van der Waals surface area contributed by atoms with Gasteiger partial charge in [-0.2, -0.15) is 0 Å². The molecule has 1 fully saturated rings. The number of imidazole rings is 1. The molecule has 1 aliphatic rings. The molecule has 1 N–H and O–H groups in total. The summed E-state index contributed by atoms with van der Waals surface area (Å²) >= 11 is 6.10. The Morgan fingerprint density at radius 2 is 2.29 bits per heavy atom. The zero-order valence-corrected chi connectivity index (χ0v) is 9.22. The first-order valence-corrected chi connectivity index (χ1v) is 5.62. The minimum absolute atomic E-state index is 0.589. The van der Waals surface area contributed by atoms with Crippen LogP contribution in [0.4, 0.5) is 0 Å². The van der Waals surface area contributed by atoms with Crippen molar-refractivity contribution in [2.75, 3.05) is 13.1 Å². The first kappa shape index (κ1) is 9.99. The number of nitrogens with zero attached hydrogens (tertiary/aromatic N) is 2. The Morgan fingerprint density at radius 3 is 2.93 bits per heavy atom. The van der Waals surface area contributed by atoms with Gasteiger partial charge in [0.05, 0.1) is 12.0 Å². The summed E-state index contributed by atoms with van der Waals surface area (Å²) in [4.78, 5) is 4.17. The van der Waals surface area contributed by atoms with Gasteiger partial charge in [-0.3, -0.25) is 0 Å². The molecule has 0 amide bonds. The molecule has 0 radical (unpaired) electrons. The molecular weight excluding hydrogens is 198 g/mol. The lowest BCUT2D eigenvalue weighted by Crippen LogP contribution is -2.27. The number of nitrogens with one attached hydrogen (secondary N) is 1. The third-order valence-electron chi connectivity index (χ3n) is 2.90. The fourth-order valence-electron chi connectivity index (χ4n) is 2.12. The third-order valence-corrected chi connectivity index (χ3v) is 3.19. The topological polar surface area (TPSA) is 29.9 Å². The van der Waals surface area contributed by atoms with Gasteiger partial charge in [0.2, 0.25) is 0 Å². The Kier molecular flexibility index (Phi) is 3.08. The van der Waals surface area contributed by atoms with Crippen LogP contribution in [0, 0.1) is 0 Å². The number of aryl methyl sites for hydroxylation is 1. The van der Waals surface area contributed by atoms with Gasteiger partial charge >= 0.3 is 0 Å². The van der Waals surface area contributed by atoms with E-state index in [0.29, 0.717) is 11.1 Å². The van der Waals surface area contributed by atoms with E-state index >= 15 is 0 Å². The summed E-state index contributed by atoms with van der Waals surface area (Å²) < 4.78 is 2.16. The maximum atomic E-state index is 6.10. The van der Waals surface area contributed by atoms with Gasteiger partial charge in [0.25, 0.3) is 0 Å². The molecule has 1 aliphatic heterocycles. The second-order valence-corrected chi connectivity index (χ2v) is 4.09. The van der Waals surface area contributed by atoms with E-state index in [2.05, 4.69) is 21.8 Å². The van der Waals surface area contributed by atoms with E-state index in [1.165, 1.54) is 18.5 Å². The molecule has 1 aromatic rings. The van der Waals surface area contributed by atoms with Crippen LogP contribution < -0.4 is 5.32 Å². The van der Waals surface area contributed by atoms with Crippen molar-refractivity contribution in [3.05, 3.63) is 17.2 Å².